The highest BCUT2D eigenvalue weighted by Gasteiger charge is 2.21. The van der Waals surface area contributed by atoms with E-state index in [4.69, 9.17) is 24.8 Å². The third-order valence-electron chi connectivity index (χ3n) is 9.03. The summed E-state index contributed by atoms with van der Waals surface area (Å²) < 4.78 is 12.9. The molecule has 0 unspecified atom stereocenters. The number of hydrogen-bond acceptors (Lipinski definition) is 5. The Morgan fingerprint density at radius 3 is 2.24 bits per heavy atom. The first-order chi connectivity index (χ1) is 24.0. The summed E-state index contributed by atoms with van der Waals surface area (Å²) in [5.41, 5.74) is 10.1. The number of rotatable bonds is 6. The third-order valence-corrected chi connectivity index (χ3v) is 9.03. The molecule has 9 aromatic rings. The molecule has 0 saturated carbocycles. The predicted molar refractivity (Wildman–Crippen MR) is 194 cm³/mol. The molecule has 0 amide bonds. The Kier molecular flexibility index (Phi) is 6.62. The minimum absolute atomic E-state index is 0.620. The fourth-order valence-electron chi connectivity index (χ4n) is 6.52. The highest BCUT2D eigenvalue weighted by molar-refractivity contribution is 5.93. The lowest BCUT2D eigenvalue weighted by Gasteiger charge is -2.11. The van der Waals surface area contributed by atoms with Crippen LogP contribution < -0.4 is 4.74 Å². The maximum atomic E-state index is 6.65. The lowest BCUT2D eigenvalue weighted by Crippen LogP contribution is -2.01. The van der Waals surface area contributed by atoms with Crippen LogP contribution in [0, 0.1) is 20.8 Å². The molecule has 0 aliphatic carbocycles. The minimum atomic E-state index is 0.620. The maximum Gasteiger partial charge on any atom is 0.221 e. The molecule has 0 bridgehead atoms. The number of imidazole rings is 2. The van der Waals surface area contributed by atoms with Crippen molar-refractivity contribution < 1.29 is 4.74 Å². The van der Waals surface area contributed by atoms with Crippen molar-refractivity contribution in [2.24, 2.45) is 0 Å². The Bertz CT molecular complexity index is 2670. The Morgan fingerprint density at radius 2 is 1.41 bits per heavy atom. The molecule has 0 atom stereocenters. The zero-order valence-electron chi connectivity index (χ0n) is 27.2. The average molecular weight is 638 g/mol. The standard InChI is InChI=1S/C41H31N7O/c1-26-12-7-8-16-32(26)48-40(29-14-5-4-6-15-29)44-39(45-48)30-20-19-27(2)36(24-30)49-31-21-22-33-35(25-31)47(37-18-9-10-23-42-37)41-43-38-28(3)13-11-17-34(38)46(33)41/h4-25H,1-3H3. The molecule has 0 aliphatic heterocycles. The molecule has 0 radical (unpaired) electrons. The van der Waals surface area contributed by atoms with Gasteiger partial charge in [-0.05, 0) is 79.9 Å². The summed E-state index contributed by atoms with van der Waals surface area (Å²) in [5, 5.41) is 5.03. The monoisotopic (exact) mass is 637 g/mol. The molecule has 0 fully saturated rings. The van der Waals surface area contributed by atoms with Gasteiger partial charge in [0.1, 0.15) is 17.3 Å². The van der Waals surface area contributed by atoms with Gasteiger partial charge in [-0.2, -0.15) is 0 Å². The zero-order valence-corrected chi connectivity index (χ0v) is 27.2. The van der Waals surface area contributed by atoms with Crippen molar-refractivity contribution in [2.75, 3.05) is 0 Å². The van der Waals surface area contributed by atoms with E-state index < -0.39 is 0 Å². The van der Waals surface area contributed by atoms with Crippen molar-refractivity contribution in [3.63, 3.8) is 0 Å². The summed E-state index contributed by atoms with van der Waals surface area (Å²) >= 11 is 0. The van der Waals surface area contributed by atoms with Crippen molar-refractivity contribution in [3.8, 4) is 45.8 Å². The fraction of sp³-hybridized carbons (Fsp3) is 0.0732. The molecule has 49 heavy (non-hydrogen) atoms. The summed E-state index contributed by atoms with van der Waals surface area (Å²) in [7, 11) is 0. The number of ether oxygens (including phenoxy) is 1. The van der Waals surface area contributed by atoms with Crippen molar-refractivity contribution in [2.45, 2.75) is 20.8 Å². The van der Waals surface area contributed by atoms with Crippen LogP contribution in [0.4, 0.5) is 0 Å². The van der Waals surface area contributed by atoms with E-state index in [1.807, 2.05) is 78.3 Å². The van der Waals surface area contributed by atoms with Gasteiger partial charge in [0.05, 0.1) is 27.8 Å². The molecule has 4 aromatic heterocycles. The van der Waals surface area contributed by atoms with E-state index in [2.05, 4.69) is 83.5 Å². The first-order valence-electron chi connectivity index (χ1n) is 16.2. The van der Waals surface area contributed by atoms with Gasteiger partial charge < -0.3 is 4.74 Å². The van der Waals surface area contributed by atoms with Crippen molar-refractivity contribution >= 4 is 27.8 Å². The van der Waals surface area contributed by atoms with Crippen LogP contribution in [0.1, 0.15) is 16.7 Å². The molecule has 0 N–H and O–H groups in total. The summed E-state index contributed by atoms with van der Waals surface area (Å²) in [5.74, 6) is 4.42. The van der Waals surface area contributed by atoms with E-state index in [0.29, 0.717) is 11.6 Å². The van der Waals surface area contributed by atoms with Crippen LogP contribution in [0.2, 0.25) is 0 Å². The second-order valence-corrected chi connectivity index (χ2v) is 12.3. The summed E-state index contributed by atoms with van der Waals surface area (Å²) in [6, 6.07) is 42.9. The quantitative estimate of drug-likeness (QED) is 0.182. The Hall–Kier alpha value is -6.54. The van der Waals surface area contributed by atoms with Gasteiger partial charge in [0, 0.05) is 23.4 Å². The molecule has 0 aliphatic rings. The van der Waals surface area contributed by atoms with Gasteiger partial charge in [0.15, 0.2) is 11.6 Å². The summed E-state index contributed by atoms with van der Waals surface area (Å²) in [6.45, 7) is 6.23. The van der Waals surface area contributed by atoms with Crippen molar-refractivity contribution in [1.82, 2.24) is 33.7 Å². The molecule has 8 heteroatoms. The first-order valence-corrected chi connectivity index (χ1v) is 16.2. The zero-order chi connectivity index (χ0) is 33.1. The lowest BCUT2D eigenvalue weighted by atomic mass is 10.1. The van der Waals surface area contributed by atoms with Gasteiger partial charge in [-0.15, -0.1) is 5.10 Å². The van der Waals surface area contributed by atoms with E-state index in [1.165, 1.54) is 0 Å². The van der Waals surface area contributed by atoms with E-state index in [1.54, 1.807) is 6.20 Å². The Morgan fingerprint density at radius 1 is 0.592 bits per heavy atom. The predicted octanol–water partition coefficient (Wildman–Crippen LogP) is 9.46. The van der Waals surface area contributed by atoms with E-state index in [-0.39, 0.29) is 0 Å². The Balaban J connectivity index is 1.15. The molecular formula is C41H31N7O. The summed E-state index contributed by atoms with van der Waals surface area (Å²) in [4.78, 5) is 14.8. The normalized spacial score (nSPS) is 11.6. The van der Waals surface area contributed by atoms with Crippen LogP contribution in [0.15, 0.2) is 134 Å². The third kappa shape index (κ3) is 4.76. The topological polar surface area (TPSA) is 75.1 Å². The van der Waals surface area contributed by atoms with Gasteiger partial charge in [-0.1, -0.05) is 78.9 Å². The van der Waals surface area contributed by atoms with E-state index in [0.717, 1.165) is 78.7 Å². The fourth-order valence-corrected chi connectivity index (χ4v) is 6.52. The molecule has 9 rings (SSSR count). The van der Waals surface area contributed by atoms with E-state index >= 15 is 0 Å². The minimum Gasteiger partial charge on any atom is -0.457 e. The van der Waals surface area contributed by atoms with Gasteiger partial charge in [0.25, 0.3) is 0 Å². The number of benzene rings is 5. The molecule has 8 nitrogen and oxygen atoms in total. The molecular weight excluding hydrogens is 606 g/mol. The van der Waals surface area contributed by atoms with Crippen molar-refractivity contribution in [3.05, 3.63) is 150 Å². The molecule has 0 saturated heterocycles. The van der Waals surface area contributed by atoms with Crippen LogP contribution in [0.3, 0.4) is 0 Å². The number of aryl methyl sites for hydroxylation is 3. The number of hydrogen-bond donors (Lipinski definition) is 0. The lowest BCUT2D eigenvalue weighted by molar-refractivity contribution is 0.479. The molecule has 4 heterocycles. The maximum absolute atomic E-state index is 6.65. The van der Waals surface area contributed by atoms with Gasteiger partial charge >= 0.3 is 0 Å². The van der Waals surface area contributed by atoms with Crippen molar-refractivity contribution in [1.29, 1.82) is 0 Å². The van der Waals surface area contributed by atoms with Gasteiger partial charge in [-0.3, -0.25) is 8.97 Å². The highest BCUT2D eigenvalue weighted by atomic mass is 16.5. The average Bonchev–Trinajstić information content (AvgIpc) is 3.82. The smallest absolute Gasteiger partial charge is 0.221 e. The van der Waals surface area contributed by atoms with Crippen LogP contribution >= 0.6 is 0 Å². The number of fused-ring (bicyclic) bond motifs is 5. The van der Waals surface area contributed by atoms with Gasteiger partial charge in [0.2, 0.25) is 5.78 Å². The molecule has 0 spiro atoms. The van der Waals surface area contributed by atoms with Crippen LogP contribution in [0.25, 0.3) is 62.1 Å². The SMILES string of the molecule is Cc1ccc(-c2nc(-c3ccccc3)n(-c3ccccc3C)n2)cc1Oc1ccc2c(c1)n(-c1ccccn1)c1nc3c(C)cccc3n21. The van der Waals surface area contributed by atoms with Gasteiger partial charge in [-0.25, -0.2) is 19.6 Å². The second kappa shape index (κ2) is 11.3. The summed E-state index contributed by atoms with van der Waals surface area (Å²) in [6.07, 6.45) is 1.80. The molecule has 5 aromatic carbocycles. The second-order valence-electron chi connectivity index (χ2n) is 12.3. The number of nitrogens with zero attached hydrogens (tertiary/aromatic N) is 7. The van der Waals surface area contributed by atoms with Crippen LogP contribution in [-0.2, 0) is 0 Å². The number of aromatic nitrogens is 7. The molecule has 236 valence electrons. The number of pyridine rings is 1. The largest absolute Gasteiger partial charge is 0.457 e. The first kappa shape index (κ1) is 28.7. The van der Waals surface area contributed by atoms with Crippen LogP contribution in [0.5, 0.6) is 11.5 Å². The van der Waals surface area contributed by atoms with Crippen LogP contribution in [-0.4, -0.2) is 33.7 Å². The highest BCUT2D eigenvalue weighted by Crippen LogP contribution is 2.35. The van der Waals surface area contributed by atoms with E-state index in [9.17, 15) is 0 Å². The Labute approximate surface area is 282 Å². The number of para-hydroxylation sites is 2.